The van der Waals surface area contributed by atoms with Gasteiger partial charge in [0, 0.05) is 37.8 Å². The molecule has 0 radical (unpaired) electrons. The van der Waals surface area contributed by atoms with Crippen molar-refractivity contribution in [2.45, 2.75) is 0 Å². The number of aromatic nitrogens is 4. The van der Waals surface area contributed by atoms with Crippen molar-refractivity contribution in [2.24, 2.45) is 0 Å². The van der Waals surface area contributed by atoms with Crippen LogP contribution in [0.4, 0.5) is 15.9 Å². The van der Waals surface area contributed by atoms with E-state index in [1.165, 1.54) is 12.1 Å². The van der Waals surface area contributed by atoms with Crippen LogP contribution < -0.4 is 14.5 Å². The molecule has 7 nitrogen and oxygen atoms in total. The first kappa shape index (κ1) is 18.4. The van der Waals surface area contributed by atoms with E-state index in [1.54, 1.807) is 17.7 Å². The average molecular weight is 404 g/mol. The Morgan fingerprint density at radius 1 is 0.867 bits per heavy atom. The molecule has 2 aromatic carbocycles. The normalized spacial score (nSPS) is 14.3. The molecule has 0 unspecified atom stereocenters. The number of hydrogen-bond acceptors (Lipinski definition) is 6. The molecule has 0 aliphatic carbocycles. The van der Waals surface area contributed by atoms with Crippen LogP contribution >= 0.6 is 0 Å². The fourth-order valence-corrected chi connectivity index (χ4v) is 3.80. The third kappa shape index (κ3) is 3.30. The number of ether oxygens (including phenoxy) is 1. The molecule has 1 fully saturated rings. The molecule has 152 valence electrons. The maximum atomic E-state index is 13.5. The van der Waals surface area contributed by atoms with Crippen molar-refractivity contribution in [1.29, 1.82) is 0 Å². The SMILES string of the molecule is COc1cc(F)ccc1N1CCN(c2ccc3nnc(-c4ccccc4)n3n2)CC1. The minimum atomic E-state index is -0.296. The number of rotatable bonds is 4. The van der Waals surface area contributed by atoms with Gasteiger partial charge in [0.25, 0.3) is 0 Å². The summed E-state index contributed by atoms with van der Waals surface area (Å²) in [4.78, 5) is 4.45. The number of piperazine rings is 1. The predicted octanol–water partition coefficient (Wildman–Crippen LogP) is 3.27. The van der Waals surface area contributed by atoms with Crippen LogP contribution in [-0.4, -0.2) is 53.1 Å². The molecule has 0 spiro atoms. The van der Waals surface area contributed by atoms with Crippen molar-refractivity contribution in [3.05, 3.63) is 66.5 Å². The van der Waals surface area contributed by atoms with Crippen LogP contribution in [0.5, 0.6) is 5.75 Å². The molecule has 0 atom stereocenters. The van der Waals surface area contributed by atoms with E-state index < -0.39 is 0 Å². The summed E-state index contributed by atoms with van der Waals surface area (Å²) in [5.41, 5.74) is 2.60. The minimum absolute atomic E-state index is 0.296. The summed E-state index contributed by atoms with van der Waals surface area (Å²) in [5, 5.41) is 13.4. The highest BCUT2D eigenvalue weighted by molar-refractivity contribution is 5.61. The summed E-state index contributed by atoms with van der Waals surface area (Å²) in [5.74, 6) is 1.86. The van der Waals surface area contributed by atoms with Crippen LogP contribution in [0.25, 0.3) is 17.0 Å². The lowest BCUT2D eigenvalue weighted by atomic mass is 10.2. The molecule has 0 bridgehead atoms. The third-order valence-corrected chi connectivity index (χ3v) is 5.37. The molecule has 30 heavy (non-hydrogen) atoms. The second-order valence-electron chi connectivity index (χ2n) is 7.14. The Labute approximate surface area is 173 Å². The lowest BCUT2D eigenvalue weighted by molar-refractivity contribution is 0.410. The number of hydrogen-bond donors (Lipinski definition) is 0. The highest BCUT2D eigenvalue weighted by Gasteiger charge is 2.22. The first-order chi connectivity index (χ1) is 14.7. The molecule has 0 amide bonds. The Morgan fingerprint density at radius 2 is 1.63 bits per heavy atom. The van der Waals surface area contributed by atoms with E-state index in [4.69, 9.17) is 9.84 Å². The van der Waals surface area contributed by atoms with Gasteiger partial charge in [-0.05, 0) is 24.3 Å². The van der Waals surface area contributed by atoms with E-state index in [0.717, 1.165) is 49.1 Å². The van der Waals surface area contributed by atoms with Gasteiger partial charge in [-0.2, -0.15) is 4.52 Å². The molecular weight excluding hydrogens is 383 g/mol. The number of fused-ring (bicyclic) bond motifs is 1. The van der Waals surface area contributed by atoms with Gasteiger partial charge in [-0.15, -0.1) is 15.3 Å². The molecule has 2 aromatic heterocycles. The summed E-state index contributed by atoms with van der Waals surface area (Å²) in [6.07, 6.45) is 0. The van der Waals surface area contributed by atoms with Gasteiger partial charge in [0.15, 0.2) is 11.5 Å². The van der Waals surface area contributed by atoms with E-state index in [2.05, 4.69) is 20.0 Å². The van der Waals surface area contributed by atoms with E-state index in [1.807, 2.05) is 42.5 Å². The molecule has 4 aromatic rings. The van der Waals surface area contributed by atoms with Crippen molar-refractivity contribution in [1.82, 2.24) is 19.8 Å². The second-order valence-corrected chi connectivity index (χ2v) is 7.14. The van der Waals surface area contributed by atoms with Crippen LogP contribution in [0.3, 0.4) is 0 Å². The largest absolute Gasteiger partial charge is 0.494 e. The Balaban J connectivity index is 1.38. The molecule has 1 saturated heterocycles. The smallest absolute Gasteiger partial charge is 0.185 e. The predicted molar refractivity (Wildman–Crippen MR) is 114 cm³/mol. The van der Waals surface area contributed by atoms with E-state index in [9.17, 15) is 4.39 Å². The molecule has 3 heterocycles. The fourth-order valence-electron chi connectivity index (χ4n) is 3.80. The van der Waals surface area contributed by atoms with Gasteiger partial charge in [-0.3, -0.25) is 0 Å². The summed E-state index contributed by atoms with van der Waals surface area (Å²) >= 11 is 0. The van der Waals surface area contributed by atoms with Gasteiger partial charge in [0.2, 0.25) is 0 Å². The van der Waals surface area contributed by atoms with Crippen LogP contribution in [0.2, 0.25) is 0 Å². The Morgan fingerprint density at radius 3 is 2.40 bits per heavy atom. The van der Waals surface area contributed by atoms with Crippen LogP contribution in [0, 0.1) is 5.82 Å². The number of methoxy groups -OCH3 is 1. The summed E-state index contributed by atoms with van der Waals surface area (Å²) in [6.45, 7) is 3.16. The maximum Gasteiger partial charge on any atom is 0.185 e. The van der Waals surface area contributed by atoms with Crippen LogP contribution in [-0.2, 0) is 0 Å². The zero-order valence-corrected chi connectivity index (χ0v) is 16.6. The average Bonchev–Trinajstić information content (AvgIpc) is 3.23. The molecular formula is C22H21FN6O. The summed E-state index contributed by atoms with van der Waals surface area (Å²) < 4.78 is 20.7. The highest BCUT2D eigenvalue weighted by atomic mass is 19.1. The molecule has 1 aliphatic rings. The Bertz CT molecular complexity index is 1170. The third-order valence-electron chi connectivity index (χ3n) is 5.37. The highest BCUT2D eigenvalue weighted by Crippen LogP contribution is 2.30. The van der Waals surface area contributed by atoms with Crippen LogP contribution in [0.1, 0.15) is 0 Å². The monoisotopic (exact) mass is 404 g/mol. The number of anilines is 2. The van der Waals surface area contributed by atoms with E-state index >= 15 is 0 Å². The lowest BCUT2D eigenvalue weighted by Crippen LogP contribution is -2.47. The quantitative estimate of drug-likeness (QED) is 0.520. The first-order valence-corrected chi connectivity index (χ1v) is 9.84. The maximum absolute atomic E-state index is 13.5. The zero-order chi connectivity index (χ0) is 20.5. The standard InChI is InChI=1S/C22H21FN6O/c1-30-19-15-17(23)7-8-18(19)27-11-13-28(14-12-27)21-10-9-20-24-25-22(29(20)26-21)16-5-3-2-4-6-16/h2-10,15H,11-14H2,1H3. The van der Waals surface area contributed by atoms with Crippen molar-refractivity contribution < 1.29 is 9.13 Å². The summed E-state index contributed by atoms with van der Waals surface area (Å²) in [7, 11) is 1.57. The fraction of sp³-hybridized carbons (Fsp3) is 0.227. The molecule has 0 saturated carbocycles. The number of halogens is 1. The van der Waals surface area contributed by atoms with Crippen molar-refractivity contribution in [2.75, 3.05) is 43.1 Å². The lowest BCUT2D eigenvalue weighted by Gasteiger charge is -2.37. The molecule has 8 heteroatoms. The molecule has 5 rings (SSSR count). The van der Waals surface area contributed by atoms with Gasteiger partial charge >= 0.3 is 0 Å². The van der Waals surface area contributed by atoms with E-state index in [0.29, 0.717) is 11.4 Å². The number of nitrogens with zero attached hydrogens (tertiary/aromatic N) is 6. The van der Waals surface area contributed by atoms with Gasteiger partial charge in [-0.1, -0.05) is 30.3 Å². The van der Waals surface area contributed by atoms with Crippen LogP contribution in [0.15, 0.2) is 60.7 Å². The first-order valence-electron chi connectivity index (χ1n) is 9.84. The van der Waals surface area contributed by atoms with Gasteiger partial charge < -0.3 is 14.5 Å². The van der Waals surface area contributed by atoms with Crippen molar-refractivity contribution >= 4 is 17.2 Å². The summed E-state index contributed by atoms with van der Waals surface area (Å²) in [6, 6.07) is 18.5. The Kier molecular flexibility index (Phi) is 4.66. The molecule has 1 aliphatic heterocycles. The molecule has 0 N–H and O–H groups in total. The van der Waals surface area contributed by atoms with Gasteiger partial charge in [0.1, 0.15) is 17.4 Å². The van der Waals surface area contributed by atoms with Crippen molar-refractivity contribution in [3.63, 3.8) is 0 Å². The second kappa shape index (κ2) is 7.62. The van der Waals surface area contributed by atoms with Gasteiger partial charge in [-0.25, -0.2) is 4.39 Å². The minimum Gasteiger partial charge on any atom is -0.494 e. The zero-order valence-electron chi connectivity index (χ0n) is 16.6. The van der Waals surface area contributed by atoms with E-state index in [-0.39, 0.29) is 5.82 Å². The topological polar surface area (TPSA) is 58.8 Å². The van der Waals surface area contributed by atoms with Gasteiger partial charge in [0.05, 0.1) is 12.8 Å². The Hall–Kier alpha value is -3.68. The number of benzene rings is 2. The van der Waals surface area contributed by atoms with Crippen molar-refractivity contribution in [3.8, 4) is 17.1 Å².